The highest BCUT2D eigenvalue weighted by Crippen LogP contribution is 2.19. The Morgan fingerprint density at radius 3 is 2.06 bits per heavy atom. The van der Waals surface area contributed by atoms with Crippen molar-refractivity contribution in [3.63, 3.8) is 0 Å². The summed E-state index contributed by atoms with van der Waals surface area (Å²) in [6, 6.07) is -1.15. The van der Waals surface area contributed by atoms with Gasteiger partial charge in [-0.1, -0.05) is 20.8 Å². The SMILES string of the molecule is CC(C)(C)[C@@H](NC(=O)CNCC(F)(F)F)C(=O)O. The summed E-state index contributed by atoms with van der Waals surface area (Å²) in [5.74, 6) is -2.02. The Morgan fingerprint density at radius 1 is 1.22 bits per heavy atom. The molecule has 18 heavy (non-hydrogen) atoms. The number of carboxylic acids is 1. The molecule has 3 N–H and O–H groups in total. The van der Waals surface area contributed by atoms with Gasteiger partial charge in [0, 0.05) is 0 Å². The first-order chi connectivity index (χ1) is 7.93. The molecule has 0 rings (SSSR count). The minimum absolute atomic E-state index is 0.584. The Bertz CT molecular complexity index is 310. The fourth-order valence-electron chi connectivity index (χ4n) is 1.18. The van der Waals surface area contributed by atoms with E-state index < -0.39 is 42.6 Å². The third-order valence-corrected chi connectivity index (χ3v) is 2.03. The molecule has 0 unspecified atom stereocenters. The lowest BCUT2D eigenvalue weighted by molar-refractivity contribution is -0.145. The number of carboxylic acid groups (broad SMARTS) is 1. The van der Waals surface area contributed by atoms with Gasteiger partial charge in [0.25, 0.3) is 0 Å². The van der Waals surface area contributed by atoms with Gasteiger partial charge in [0.15, 0.2) is 0 Å². The lowest BCUT2D eigenvalue weighted by atomic mass is 9.87. The van der Waals surface area contributed by atoms with Crippen LogP contribution in [-0.4, -0.2) is 42.3 Å². The Morgan fingerprint density at radius 2 is 1.72 bits per heavy atom. The maximum atomic E-state index is 11.8. The first-order valence-corrected chi connectivity index (χ1v) is 5.23. The molecule has 0 fully saturated rings. The molecule has 0 aliphatic carbocycles. The van der Waals surface area contributed by atoms with E-state index in [1.165, 1.54) is 0 Å². The number of rotatable bonds is 5. The van der Waals surface area contributed by atoms with E-state index >= 15 is 0 Å². The molecule has 0 aromatic carbocycles. The van der Waals surface area contributed by atoms with Crippen LogP contribution >= 0.6 is 0 Å². The van der Waals surface area contributed by atoms with E-state index in [0.29, 0.717) is 0 Å². The minimum Gasteiger partial charge on any atom is -0.480 e. The highest BCUT2D eigenvalue weighted by Gasteiger charge is 2.32. The van der Waals surface area contributed by atoms with Crippen molar-refractivity contribution in [2.45, 2.75) is 33.0 Å². The Kier molecular flexibility index (Phi) is 5.59. The normalized spacial score (nSPS) is 14.1. The number of hydrogen-bond donors (Lipinski definition) is 3. The molecule has 0 aromatic rings. The maximum Gasteiger partial charge on any atom is 0.401 e. The van der Waals surface area contributed by atoms with Gasteiger partial charge >= 0.3 is 12.1 Å². The monoisotopic (exact) mass is 270 g/mol. The third kappa shape index (κ3) is 7.10. The second-order valence-electron chi connectivity index (χ2n) is 4.92. The van der Waals surface area contributed by atoms with Crippen molar-refractivity contribution in [3.05, 3.63) is 0 Å². The summed E-state index contributed by atoms with van der Waals surface area (Å²) in [4.78, 5) is 22.2. The summed E-state index contributed by atoms with van der Waals surface area (Å²) in [5.41, 5.74) is -0.731. The highest BCUT2D eigenvalue weighted by atomic mass is 19.4. The van der Waals surface area contributed by atoms with E-state index in [9.17, 15) is 22.8 Å². The number of alkyl halides is 3. The van der Waals surface area contributed by atoms with Crippen molar-refractivity contribution in [2.24, 2.45) is 5.41 Å². The number of nitrogens with one attached hydrogen (secondary N) is 2. The Balaban J connectivity index is 4.25. The fraction of sp³-hybridized carbons (Fsp3) is 0.800. The van der Waals surface area contributed by atoms with Gasteiger partial charge in [0.1, 0.15) is 6.04 Å². The van der Waals surface area contributed by atoms with Crippen LogP contribution in [0.1, 0.15) is 20.8 Å². The molecule has 1 atom stereocenters. The lowest BCUT2D eigenvalue weighted by Gasteiger charge is -2.27. The van der Waals surface area contributed by atoms with Gasteiger partial charge in [-0.25, -0.2) is 4.79 Å². The highest BCUT2D eigenvalue weighted by molar-refractivity contribution is 5.85. The van der Waals surface area contributed by atoms with Gasteiger partial charge in [0.2, 0.25) is 5.91 Å². The van der Waals surface area contributed by atoms with Crippen LogP contribution in [0.2, 0.25) is 0 Å². The zero-order valence-electron chi connectivity index (χ0n) is 10.4. The predicted octanol–water partition coefficient (Wildman–Crippen LogP) is 0.754. The van der Waals surface area contributed by atoms with Gasteiger partial charge < -0.3 is 15.7 Å². The molecule has 0 radical (unpaired) electrons. The number of amides is 1. The van der Waals surface area contributed by atoms with Crippen LogP contribution < -0.4 is 10.6 Å². The van der Waals surface area contributed by atoms with E-state index in [1.54, 1.807) is 20.8 Å². The van der Waals surface area contributed by atoms with Crippen molar-refractivity contribution in [2.75, 3.05) is 13.1 Å². The van der Waals surface area contributed by atoms with E-state index in [2.05, 4.69) is 5.32 Å². The molecule has 0 bridgehead atoms. The molecule has 0 spiro atoms. The smallest absolute Gasteiger partial charge is 0.401 e. The number of aliphatic carboxylic acids is 1. The molecule has 1 amide bonds. The van der Waals surface area contributed by atoms with Crippen molar-refractivity contribution in [3.8, 4) is 0 Å². The van der Waals surface area contributed by atoms with Crippen molar-refractivity contribution >= 4 is 11.9 Å². The molecule has 0 saturated heterocycles. The number of carbonyl (C=O) groups is 2. The largest absolute Gasteiger partial charge is 0.480 e. The summed E-state index contributed by atoms with van der Waals surface area (Å²) in [7, 11) is 0. The standard InChI is InChI=1S/C10H17F3N2O3/c1-9(2,3)7(8(17)18)15-6(16)4-14-5-10(11,12)13/h7,14H,4-5H2,1-3H3,(H,15,16)(H,17,18)/t7-/m0/s1. The predicted molar refractivity (Wildman–Crippen MR) is 57.9 cm³/mol. The van der Waals surface area contributed by atoms with Gasteiger partial charge in [-0.15, -0.1) is 0 Å². The summed E-state index contributed by atoms with van der Waals surface area (Å²) >= 11 is 0. The maximum absolute atomic E-state index is 11.8. The van der Waals surface area contributed by atoms with E-state index in [0.717, 1.165) is 0 Å². The van der Waals surface area contributed by atoms with Gasteiger partial charge in [-0.05, 0) is 5.41 Å². The van der Waals surface area contributed by atoms with Gasteiger partial charge in [0.05, 0.1) is 13.1 Å². The Hall–Kier alpha value is -1.31. The zero-order valence-corrected chi connectivity index (χ0v) is 10.4. The number of carbonyl (C=O) groups excluding carboxylic acids is 1. The summed E-state index contributed by atoms with van der Waals surface area (Å²) in [5, 5.41) is 13.0. The van der Waals surface area contributed by atoms with Crippen molar-refractivity contribution in [1.29, 1.82) is 0 Å². The minimum atomic E-state index is -4.41. The number of hydrogen-bond acceptors (Lipinski definition) is 3. The molecule has 106 valence electrons. The molecule has 0 aliphatic rings. The molecule has 0 heterocycles. The first-order valence-electron chi connectivity index (χ1n) is 5.23. The van der Waals surface area contributed by atoms with E-state index in [1.807, 2.05) is 5.32 Å². The summed E-state index contributed by atoms with van der Waals surface area (Å²) in [6.45, 7) is 2.94. The van der Waals surface area contributed by atoms with Crippen LogP contribution in [0.15, 0.2) is 0 Å². The molecular formula is C10H17F3N2O3. The average Bonchev–Trinajstić information content (AvgIpc) is 2.09. The third-order valence-electron chi connectivity index (χ3n) is 2.03. The van der Waals surface area contributed by atoms with E-state index in [4.69, 9.17) is 5.11 Å². The topological polar surface area (TPSA) is 78.4 Å². The fourth-order valence-corrected chi connectivity index (χ4v) is 1.18. The van der Waals surface area contributed by atoms with Crippen molar-refractivity contribution in [1.82, 2.24) is 10.6 Å². The van der Waals surface area contributed by atoms with Crippen LogP contribution in [0.3, 0.4) is 0 Å². The van der Waals surface area contributed by atoms with Crippen LogP contribution in [0.25, 0.3) is 0 Å². The van der Waals surface area contributed by atoms with Crippen LogP contribution in [0.5, 0.6) is 0 Å². The van der Waals surface area contributed by atoms with Crippen LogP contribution in [-0.2, 0) is 9.59 Å². The molecule has 8 heteroatoms. The second-order valence-corrected chi connectivity index (χ2v) is 4.92. The lowest BCUT2D eigenvalue weighted by Crippen LogP contribution is -2.51. The van der Waals surface area contributed by atoms with Crippen LogP contribution in [0.4, 0.5) is 13.2 Å². The summed E-state index contributed by atoms with van der Waals surface area (Å²) in [6.07, 6.45) is -4.41. The average molecular weight is 270 g/mol. The molecule has 0 aromatic heterocycles. The quantitative estimate of drug-likeness (QED) is 0.689. The molecule has 0 aliphatic heterocycles. The zero-order chi connectivity index (χ0) is 14.6. The van der Waals surface area contributed by atoms with Crippen molar-refractivity contribution < 1.29 is 27.9 Å². The number of halogens is 3. The van der Waals surface area contributed by atoms with E-state index in [-0.39, 0.29) is 0 Å². The molecular weight excluding hydrogens is 253 g/mol. The molecule has 0 saturated carbocycles. The molecule has 5 nitrogen and oxygen atoms in total. The first kappa shape index (κ1) is 16.7. The van der Waals surface area contributed by atoms with Crippen LogP contribution in [0, 0.1) is 5.41 Å². The summed E-state index contributed by atoms with van der Waals surface area (Å²) < 4.78 is 35.4. The second kappa shape index (κ2) is 6.03. The Labute approximate surface area is 103 Å². The van der Waals surface area contributed by atoms with Gasteiger partial charge in [-0.2, -0.15) is 13.2 Å². The van der Waals surface area contributed by atoms with Gasteiger partial charge in [-0.3, -0.25) is 4.79 Å².